The molecule has 0 spiro atoms. The Hall–Kier alpha value is -1.36. The van der Waals surface area contributed by atoms with Gasteiger partial charge in [-0.05, 0) is 92.1 Å². The Morgan fingerprint density at radius 2 is 1.71 bits per heavy atom. The Bertz CT molecular complexity index is 909. The molecule has 3 saturated carbocycles. The molecule has 0 unspecified atom stereocenters. The number of hydrogen-bond acceptors (Lipinski definition) is 4. The monoisotopic (exact) mass is 554 g/mol. The number of rotatable bonds is 7. The molecule has 0 aliphatic heterocycles. The van der Waals surface area contributed by atoms with E-state index in [1.165, 1.54) is 5.57 Å². The van der Waals surface area contributed by atoms with Crippen molar-refractivity contribution in [1.82, 2.24) is 0 Å². The summed E-state index contributed by atoms with van der Waals surface area (Å²) in [5.41, 5.74) is -2.31. The van der Waals surface area contributed by atoms with Crippen LogP contribution in [0.5, 0.6) is 0 Å². The van der Waals surface area contributed by atoms with Crippen molar-refractivity contribution in [2.24, 2.45) is 23.2 Å². The van der Waals surface area contributed by atoms with Gasteiger partial charge in [0.1, 0.15) is 0 Å². The highest BCUT2D eigenvalue weighted by Gasteiger charge is 2.69. The minimum Gasteiger partial charge on any atom is -0.393 e. The van der Waals surface area contributed by atoms with Gasteiger partial charge in [0.05, 0.1) is 18.3 Å². The first kappa shape index (κ1) is 31.2. The van der Waals surface area contributed by atoms with Crippen LogP contribution in [-0.2, 0) is 0 Å². The molecule has 3 aliphatic carbocycles. The van der Waals surface area contributed by atoms with E-state index < -0.39 is 49.1 Å². The summed E-state index contributed by atoms with van der Waals surface area (Å²) in [5, 5.41) is 40.3. The summed E-state index contributed by atoms with van der Waals surface area (Å²) >= 11 is 0. The second-order valence-electron chi connectivity index (χ2n) is 11.8. The SMILES string of the molecule is C=C1/C(=C\C=C2/CCC[C@]3(C)[C@@H]([C@H](C)[C@H](O)CCCC(O)(C(F)(F)F)C(F)(F)F)CC[C@@H]23)C[C@@H](O)C[C@@H]1O. The standard InChI is InChI=1S/C28H40F6O4/c1-16-19(14-20(35)15-24(16)37)9-8-18-6-4-12-25(3)21(10-11-22(18)25)17(2)23(36)7-5-13-26(38,27(29,30)31)28(32,33)34/h8-9,17,20-24,35-38H,1,4-7,10-15H2,2-3H3/b18-8+,19-9-/t17-,20+,21+,22-,23+,24-,25+/m0/s1. The Balaban J connectivity index is 1.68. The molecule has 0 heterocycles. The van der Waals surface area contributed by atoms with E-state index in [4.69, 9.17) is 0 Å². The number of alkyl halides is 6. The largest absolute Gasteiger partial charge is 0.426 e. The van der Waals surface area contributed by atoms with E-state index in [0.29, 0.717) is 12.0 Å². The van der Waals surface area contributed by atoms with Crippen LogP contribution in [0.1, 0.15) is 78.1 Å². The minimum atomic E-state index is -5.85. The quantitative estimate of drug-likeness (QED) is 0.285. The average molecular weight is 555 g/mol. The third kappa shape index (κ3) is 6.03. The fourth-order valence-corrected chi connectivity index (χ4v) is 7.15. The number of allylic oxidation sites excluding steroid dienone is 3. The molecule has 0 saturated heterocycles. The molecule has 0 radical (unpaired) electrons. The van der Waals surface area contributed by atoms with Crippen molar-refractivity contribution in [1.29, 1.82) is 0 Å². The van der Waals surface area contributed by atoms with Gasteiger partial charge in [-0.3, -0.25) is 0 Å². The van der Waals surface area contributed by atoms with Crippen LogP contribution in [0, 0.1) is 23.2 Å². The highest BCUT2D eigenvalue weighted by molar-refractivity contribution is 5.38. The van der Waals surface area contributed by atoms with Crippen LogP contribution in [0.4, 0.5) is 26.3 Å². The zero-order valence-electron chi connectivity index (χ0n) is 22.0. The second-order valence-corrected chi connectivity index (χ2v) is 11.8. The molecule has 4 N–H and O–H groups in total. The van der Waals surface area contributed by atoms with Gasteiger partial charge in [0, 0.05) is 6.42 Å². The van der Waals surface area contributed by atoms with E-state index in [9.17, 15) is 46.8 Å². The number of fused-ring (bicyclic) bond motifs is 1. The lowest BCUT2D eigenvalue weighted by atomic mass is 9.60. The first-order chi connectivity index (χ1) is 17.4. The molecule has 0 aromatic carbocycles. The van der Waals surface area contributed by atoms with E-state index in [1.807, 2.05) is 12.2 Å². The van der Waals surface area contributed by atoms with Crippen molar-refractivity contribution < 1.29 is 46.8 Å². The van der Waals surface area contributed by atoms with Crippen molar-refractivity contribution >= 4 is 0 Å². The maximum atomic E-state index is 13.0. The number of hydrogen-bond donors (Lipinski definition) is 4. The zero-order chi connectivity index (χ0) is 28.7. The molecule has 0 bridgehead atoms. The van der Waals surface area contributed by atoms with Crippen LogP contribution in [0.15, 0.2) is 35.5 Å². The summed E-state index contributed by atoms with van der Waals surface area (Å²) in [5.74, 6) is -0.0766. The highest BCUT2D eigenvalue weighted by atomic mass is 19.4. The molecule has 0 amide bonds. The van der Waals surface area contributed by atoms with Crippen LogP contribution in [0.2, 0.25) is 0 Å². The Kier molecular flexibility index (Phi) is 9.23. The molecule has 0 aromatic rings. The minimum absolute atomic E-state index is 0.0382. The summed E-state index contributed by atoms with van der Waals surface area (Å²) in [6.07, 6.45) is -7.63. The molecule has 3 aliphatic rings. The van der Waals surface area contributed by atoms with Crippen LogP contribution >= 0.6 is 0 Å². The summed E-state index contributed by atoms with van der Waals surface area (Å²) in [6, 6.07) is 0. The number of halogens is 6. The summed E-state index contributed by atoms with van der Waals surface area (Å²) < 4.78 is 77.8. The molecular formula is C28H40F6O4. The summed E-state index contributed by atoms with van der Waals surface area (Å²) in [6.45, 7) is 7.90. The third-order valence-corrected chi connectivity index (χ3v) is 9.52. The molecule has 10 heteroatoms. The van der Waals surface area contributed by atoms with E-state index in [-0.39, 0.29) is 36.0 Å². The number of aliphatic hydroxyl groups is 4. The third-order valence-electron chi connectivity index (χ3n) is 9.52. The lowest BCUT2D eigenvalue weighted by molar-refractivity contribution is -0.370. The molecule has 4 nitrogen and oxygen atoms in total. The van der Waals surface area contributed by atoms with Crippen LogP contribution in [0.3, 0.4) is 0 Å². The second kappa shape index (κ2) is 11.3. The van der Waals surface area contributed by atoms with E-state index in [2.05, 4.69) is 13.5 Å². The van der Waals surface area contributed by atoms with Gasteiger partial charge in [-0.2, -0.15) is 26.3 Å². The lowest BCUT2D eigenvalue weighted by Crippen LogP contribution is -2.56. The Labute approximate surface area is 220 Å². The predicted octanol–water partition coefficient (Wildman–Crippen LogP) is 6.15. The van der Waals surface area contributed by atoms with Crippen molar-refractivity contribution in [2.45, 2.75) is 114 Å². The topological polar surface area (TPSA) is 80.9 Å². The normalized spacial score (nSPS) is 35.0. The summed E-state index contributed by atoms with van der Waals surface area (Å²) in [7, 11) is 0. The van der Waals surface area contributed by atoms with E-state index >= 15 is 0 Å². The number of aliphatic hydroxyl groups excluding tert-OH is 3. The smallest absolute Gasteiger partial charge is 0.393 e. The van der Waals surface area contributed by atoms with Crippen LogP contribution in [0.25, 0.3) is 0 Å². The molecule has 0 aromatic heterocycles. The Morgan fingerprint density at radius 3 is 2.32 bits per heavy atom. The van der Waals surface area contributed by atoms with Crippen molar-refractivity contribution in [2.75, 3.05) is 0 Å². The van der Waals surface area contributed by atoms with Gasteiger partial charge < -0.3 is 20.4 Å². The maximum absolute atomic E-state index is 13.0. The first-order valence-corrected chi connectivity index (χ1v) is 13.4. The van der Waals surface area contributed by atoms with Gasteiger partial charge in [-0.1, -0.05) is 38.2 Å². The van der Waals surface area contributed by atoms with E-state index in [0.717, 1.165) is 37.7 Å². The van der Waals surface area contributed by atoms with Gasteiger partial charge in [0.15, 0.2) is 0 Å². The van der Waals surface area contributed by atoms with Gasteiger partial charge in [0.25, 0.3) is 5.60 Å². The highest BCUT2D eigenvalue weighted by Crippen LogP contribution is 2.60. The molecule has 38 heavy (non-hydrogen) atoms. The molecule has 3 rings (SSSR count). The predicted molar refractivity (Wildman–Crippen MR) is 131 cm³/mol. The van der Waals surface area contributed by atoms with Gasteiger partial charge in [-0.15, -0.1) is 0 Å². The molecule has 218 valence electrons. The zero-order valence-corrected chi connectivity index (χ0v) is 22.0. The van der Waals surface area contributed by atoms with E-state index in [1.54, 1.807) is 6.92 Å². The molecule has 3 fully saturated rings. The van der Waals surface area contributed by atoms with Crippen molar-refractivity contribution in [3.63, 3.8) is 0 Å². The average Bonchev–Trinajstić information content (AvgIpc) is 3.15. The van der Waals surface area contributed by atoms with Crippen molar-refractivity contribution in [3.05, 3.63) is 35.5 Å². The maximum Gasteiger partial charge on any atom is 0.426 e. The Morgan fingerprint density at radius 1 is 1.08 bits per heavy atom. The van der Waals surface area contributed by atoms with Crippen molar-refractivity contribution in [3.8, 4) is 0 Å². The summed E-state index contributed by atoms with van der Waals surface area (Å²) in [4.78, 5) is 0. The van der Waals surface area contributed by atoms with Crippen LogP contribution < -0.4 is 0 Å². The van der Waals surface area contributed by atoms with Gasteiger partial charge >= 0.3 is 12.4 Å². The molecule has 7 atom stereocenters. The molecular weight excluding hydrogens is 514 g/mol. The van der Waals surface area contributed by atoms with Gasteiger partial charge in [0.2, 0.25) is 0 Å². The first-order valence-electron chi connectivity index (χ1n) is 13.4. The van der Waals surface area contributed by atoms with Gasteiger partial charge in [-0.25, -0.2) is 0 Å². The fraction of sp³-hybridized carbons (Fsp3) is 0.786. The van der Waals surface area contributed by atoms with Crippen LogP contribution in [-0.4, -0.2) is 56.7 Å². The lowest BCUT2D eigenvalue weighted by Gasteiger charge is -2.45. The fourth-order valence-electron chi connectivity index (χ4n) is 7.15.